The van der Waals surface area contributed by atoms with Crippen LogP contribution in [0.1, 0.15) is 20.8 Å². The molecular formula is C20H20N2O. The van der Waals surface area contributed by atoms with Gasteiger partial charge in [0.05, 0.1) is 5.69 Å². The predicted molar refractivity (Wildman–Crippen MR) is 94.4 cm³/mol. The van der Waals surface area contributed by atoms with Crippen molar-refractivity contribution in [3.05, 3.63) is 77.2 Å². The van der Waals surface area contributed by atoms with Crippen molar-refractivity contribution in [3.8, 4) is 22.5 Å². The summed E-state index contributed by atoms with van der Waals surface area (Å²) in [6.07, 6.45) is 1.85. The highest BCUT2D eigenvalue weighted by atomic mass is 16.1. The van der Waals surface area contributed by atoms with Crippen molar-refractivity contribution in [2.75, 3.05) is 0 Å². The Hall–Kier alpha value is -2.68. The summed E-state index contributed by atoms with van der Waals surface area (Å²) in [4.78, 5) is 17.6. The molecule has 0 spiro atoms. The fourth-order valence-corrected chi connectivity index (χ4v) is 2.52. The Morgan fingerprint density at radius 2 is 1.35 bits per heavy atom. The summed E-state index contributed by atoms with van der Waals surface area (Å²) in [6.45, 7) is 6.08. The predicted octanol–water partition coefficient (Wildman–Crippen LogP) is 4.33. The lowest BCUT2D eigenvalue weighted by atomic mass is 10.1. The topological polar surface area (TPSA) is 34.9 Å². The molecule has 116 valence electrons. The van der Waals surface area contributed by atoms with Crippen molar-refractivity contribution in [3.63, 3.8) is 0 Å². The largest absolute Gasteiger partial charge is 0.306 e. The van der Waals surface area contributed by atoms with Gasteiger partial charge in [-0.2, -0.15) is 0 Å². The van der Waals surface area contributed by atoms with Gasteiger partial charge in [-0.15, -0.1) is 0 Å². The van der Waals surface area contributed by atoms with E-state index in [0.717, 1.165) is 16.8 Å². The second-order valence-corrected chi connectivity index (χ2v) is 6.55. The van der Waals surface area contributed by atoms with Crippen molar-refractivity contribution in [1.29, 1.82) is 0 Å². The molecule has 0 aliphatic carbocycles. The molecule has 0 atom stereocenters. The molecule has 3 rings (SSSR count). The lowest BCUT2D eigenvalue weighted by Gasteiger charge is -2.24. The lowest BCUT2D eigenvalue weighted by Crippen LogP contribution is -2.35. The van der Waals surface area contributed by atoms with Crippen LogP contribution in [0.3, 0.4) is 0 Å². The number of hydrogen-bond acceptors (Lipinski definition) is 2. The molecule has 0 radical (unpaired) electrons. The maximum atomic E-state index is 12.9. The molecule has 0 N–H and O–H groups in total. The zero-order chi connectivity index (χ0) is 16.4. The highest BCUT2D eigenvalue weighted by Gasteiger charge is 2.19. The molecule has 1 aromatic heterocycles. The van der Waals surface area contributed by atoms with Gasteiger partial charge in [0.25, 0.3) is 5.56 Å². The smallest absolute Gasteiger partial charge is 0.277 e. The summed E-state index contributed by atoms with van der Waals surface area (Å²) in [6, 6.07) is 19.6. The summed E-state index contributed by atoms with van der Waals surface area (Å²) in [5, 5.41) is 0. The molecule has 3 heteroatoms. The summed E-state index contributed by atoms with van der Waals surface area (Å²) >= 11 is 0. The minimum absolute atomic E-state index is 0.0663. The first-order valence-corrected chi connectivity index (χ1v) is 7.72. The first-order chi connectivity index (χ1) is 11.0. The molecule has 0 bridgehead atoms. The maximum absolute atomic E-state index is 12.9. The van der Waals surface area contributed by atoms with Gasteiger partial charge in [0, 0.05) is 22.9 Å². The van der Waals surface area contributed by atoms with Crippen LogP contribution in [0.25, 0.3) is 22.5 Å². The standard InChI is InChI=1S/C20H20N2O/c1-20(2,3)22-14-17(15-10-6-4-7-11-15)21-18(19(22)23)16-12-8-5-9-13-16/h4-14H,1-3H3. The molecule has 2 aromatic carbocycles. The zero-order valence-electron chi connectivity index (χ0n) is 13.7. The first-order valence-electron chi connectivity index (χ1n) is 7.72. The average Bonchev–Trinajstić information content (AvgIpc) is 2.55. The van der Waals surface area contributed by atoms with Gasteiger partial charge in [0.1, 0.15) is 5.69 Å². The van der Waals surface area contributed by atoms with Gasteiger partial charge in [-0.25, -0.2) is 4.98 Å². The fourth-order valence-electron chi connectivity index (χ4n) is 2.52. The van der Waals surface area contributed by atoms with Crippen molar-refractivity contribution < 1.29 is 0 Å². The van der Waals surface area contributed by atoms with E-state index < -0.39 is 0 Å². The third kappa shape index (κ3) is 3.09. The van der Waals surface area contributed by atoms with Gasteiger partial charge in [-0.1, -0.05) is 60.7 Å². The second-order valence-electron chi connectivity index (χ2n) is 6.55. The van der Waals surface area contributed by atoms with Gasteiger partial charge in [0.2, 0.25) is 0 Å². The van der Waals surface area contributed by atoms with Crippen molar-refractivity contribution in [2.24, 2.45) is 0 Å². The number of benzene rings is 2. The van der Waals surface area contributed by atoms with Crippen molar-refractivity contribution in [2.45, 2.75) is 26.3 Å². The quantitative estimate of drug-likeness (QED) is 0.706. The molecule has 3 nitrogen and oxygen atoms in total. The zero-order valence-corrected chi connectivity index (χ0v) is 13.7. The Bertz CT molecular complexity index is 860. The van der Waals surface area contributed by atoms with E-state index >= 15 is 0 Å². The molecule has 23 heavy (non-hydrogen) atoms. The van der Waals surface area contributed by atoms with Crippen molar-refractivity contribution in [1.82, 2.24) is 9.55 Å². The second kappa shape index (κ2) is 5.84. The van der Waals surface area contributed by atoms with E-state index in [-0.39, 0.29) is 11.1 Å². The first kappa shape index (κ1) is 15.2. The summed E-state index contributed by atoms with van der Waals surface area (Å²) in [7, 11) is 0. The Morgan fingerprint density at radius 3 is 1.87 bits per heavy atom. The molecule has 0 aliphatic heterocycles. The van der Waals surface area contributed by atoms with Gasteiger partial charge < -0.3 is 4.57 Å². The molecule has 0 unspecified atom stereocenters. The Labute approximate surface area is 136 Å². The van der Waals surface area contributed by atoms with Crippen LogP contribution in [0.2, 0.25) is 0 Å². The minimum atomic E-state index is -0.312. The van der Waals surface area contributed by atoms with Crippen LogP contribution in [0.5, 0.6) is 0 Å². The van der Waals surface area contributed by atoms with E-state index in [1.54, 1.807) is 4.57 Å². The molecule has 1 heterocycles. The van der Waals surface area contributed by atoms with Crippen LogP contribution in [-0.4, -0.2) is 9.55 Å². The van der Waals surface area contributed by atoms with Crippen LogP contribution < -0.4 is 5.56 Å². The minimum Gasteiger partial charge on any atom is -0.306 e. The van der Waals surface area contributed by atoms with Crippen LogP contribution in [-0.2, 0) is 5.54 Å². The molecule has 0 aliphatic rings. The van der Waals surface area contributed by atoms with Crippen LogP contribution in [0.4, 0.5) is 0 Å². The van der Waals surface area contributed by atoms with E-state index in [2.05, 4.69) is 4.98 Å². The van der Waals surface area contributed by atoms with Crippen LogP contribution in [0, 0.1) is 0 Å². The molecule has 0 saturated carbocycles. The summed E-state index contributed by atoms with van der Waals surface area (Å²) in [5.74, 6) is 0. The van der Waals surface area contributed by atoms with Crippen LogP contribution in [0.15, 0.2) is 71.7 Å². The molecule has 0 amide bonds. The number of rotatable bonds is 2. The normalized spacial score (nSPS) is 11.4. The Morgan fingerprint density at radius 1 is 0.826 bits per heavy atom. The third-order valence-electron chi connectivity index (χ3n) is 3.74. The van der Waals surface area contributed by atoms with E-state index in [0.29, 0.717) is 5.69 Å². The summed E-state index contributed by atoms with van der Waals surface area (Å²) < 4.78 is 1.77. The number of aromatic nitrogens is 2. The SMILES string of the molecule is CC(C)(C)n1cc(-c2ccccc2)nc(-c2ccccc2)c1=O. The maximum Gasteiger partial charge on any atom is 0.277 e. The summed E-state index contributed by atoms with van der Waals surface area (Å²) in [5.41, 5.74) is 2.76. The van der Waals surface area contributed by atoms with Gasteiger partial charge in [-0.05, 0) is 20.8 Å². The molecular weight excluding hydrogens is 284 g/mol. The molecule has 3 aromatic rings. The fraction of sp³-hybridized carbons (Fsp3) is 0.200. The highest BCUT2D eigenvalue weighted by Crippen LogP contribution is 2.22. The highest BCUT2D eigenvalue weighted by molar-refractivity contribution is 5.64. The monoisotopic (exact) mass is 304 g/mol. The van der Waals surface area contributed by atoms with Crippen molar-refractivity contribution >= 4 is 0 Å². The molecule has 0 saturated heterocycles. The van der Waals surface area contributed by atoms with E-state index in [1.165, 1.54) is 0 Å². The number of hydrogen-bond donors (Lipinski definition) is 0. The van der Waals surface area contributed by atoms with E-state index in [1.807, 2.05) is 87.6 Å². The Balaban J connectivity index is 2.30. The average molecular weight is 304 g/mol. The Kier molecular flexibility index (Phi) is 3.87. The third-order valence-corrected chi connectivity index (χ3v) is 3.74. The number of nitrogens with zero attached hydrogens (tertiary/aromatic N) is 2. The van der Waals surface area contributed by atoms with Gasteiger partial charge in [0.15, 0.2) is 0 Å². The lowest BCUT2D eigenvalue weighted by molar-refractivity contribution is 0.384. The van der Waals surface area contributed by atoms with Gasteiger partial charge >= 0.3 is 0 Å². The van der Waals surface area contributed by atoms with E-state index in [4.69, 9.17) is 0 Å². The van der Waals surface area contributed by atoms with Gasteiger partial charge in [-0.3, -0.25) is 4.79 Å². The molecule has 0 fully saturated rings. The van der Waals surface area contributed by atoms with Crippen LogP contribution >= 0.6 is 0 Å². The van der Waals surface area contributed by atoms with E-state index in [9.17, 15) is 4.79 Å².